The lowest BCUT2D eigenvalue weighted by molar-refractivity contribution is -0.154. The van der Waals surface area contributed by atoms with Crippen LogP contribution in [0.2, 0.25) is 0 Å². The highest BCUT2D eigenvalue weighted by Crippen LogP contribution is 2.39. The monoisotopic (exact) mass is 242 g/mol. The number of aliphatic hydroxyl groups is 1. The molecule has 0 spiro atoms. The van der Waals surface area contributed by atoms with Gasteiger partial charge in [-0.2, -0.15) is 0 Å². The molecule has 0 saturated carbocycles. The lowest BCUT2D eigenvalue weighted by atomic mass is 9.84. The number of hydrogen-bond acceptors (Lipinski definition) is 4. The number of aliphatic hydroxyl groups excluding tert-OH is 1. The number of aryl methyl sites for hydroxylation is 1. The Morgan fingerprint density at radius 1 is 1.50 bits per heavy atom. The predicted molar refractivity (Wildman–Crippen MR) is 63.8 cm³/mol. The van der Waals surface area contributed by atoms with Crippen molar-refractivity contribution < 1.29 is 14.6 Å². The minimum Gasteiger partial charge on any atom is -0.385 e. The topological polar surface area (TPSA) is 38.7 Å². The van der Waals surface area contributed by atoms with E-state index in [1.165, 1.54) is 0 Å². The second-order valence-corrected chi connectivity index (χ2v) is 5.34. The summed E-state index contributed by atoms with van der Waals surface area (Å²) in [5, 5.41) is 12.5. The molecule has 1 saturated heterocycles. The fraction of sp³-hybridized carbons (Fsp3) is 0.667. The van der Waals surface area contributed by atoms with Crippen LogP contribution in [0, 0.1) is 6.92 Å². The number of ether oxygens (including phenoxy) is 2. The van der Waals surface area contributed by atoms with Gasteiger partial charge in [-0.15, -0.1) is 11.3 Å². The summed E-state index contributed by atoms with van der Waals surface area (Å²) in [6.07, 6.45) is 0.951. The molecule has 1 atom stereocenters. The van der Waals surface area contributed by atoms with Gasteiger partial charge in [0.05, 0.1) is 0 Å². The summed E-state index contributed by atoms with van der Waals surface area (Å²) in [4.78, 5) is 1.16. The molecule has 1 aliphatic heterocycles. The molecular formula is C12H18O3S. The summed E-state index contributed by atoms with van der Waals surface area (Å²) in [6.45, 7) is 3.36. The number of hydrogen-bond donors (Lipinski definition) is 1. The van der Waals surface area contributed by atoms with Gasteiger partial charge in [-0.05, 0) is 23.9 Å². The van der Waals surface area contributed by atoms with E-state index in [2.05, 4.69) is 0 Å². The van der Waals surface area contributed by atoms with Crippen LogP contribution in [0.4, 0.5) is 0 Å². The van der Waals surface area contributed by atoms with Gasteiger partial charge in [0.2, 0.25) is 0 Å². The molecule has 0 bridgehead atoms. The van der Waals surface area contributed by atoms with E-state index in [1.807, 2.05) is 18.4 Å². The van der Waals surface area contributed by atoms with E-state index >= 15 is 0 Å². The molecule has 2 heterocycles. The summed E-state index contributed by atoms with van der Waals surface area (Å²) in [5.74, 6) is 0. The SMILES string of the molecule is COC1(C(O)c2ccsc2C)CCOCC1. The highest BCUT2D eigenvalue weighted by Gasteiger charge is 2.41. The molecule has 0 radical (unpaired) electrons. The molecule has 1 aromatic rings. The van der Waals surface area contributed by atoms with E-state index in [4.69, 9.17) is 9.47 Å². The normalized spacial score (nSPS) is 21.9. The summed E-state index contributed by atoms with van der Waals surface area (Å²) >= 11 is 1.66. The van der Waals surface area contributed by atoms with Gasteiger partial charge in [0.25, 0.3) is 0 Å². The standard InChI is InChI=1S/C12H18O3S/c1-9-10(3-8-16-9)11(13)12(14-2)4-6-15-7-5-12/h3,8,11,13H,4-7H2,1-2H3. The van der Waals surface area contributed by atoms with E-state index in [-0.39, 0.29) is 0 Å². The quantitative estimate of drug-likeness (QED) is 0.884. The first-order valence-corrected chi connectivity index (χ1v) is 6.42. The first-order chi connectivity index (χ1) is 7.69. The van der Waals surface area contributed by atoms with Crippen molar-refractivity contribution in [1.82, 2.24) is 0 Å². The molecule has 1 aliphatic rings. The Labute approximate surface area is 100 Å². The third kappa shape index (κ3) is 2.02. The van der Waals surface area contributed by atoms with Crippen molar-refractivity contribution in [1.29, 1.82) is 0 Å². The average Bonchev–Trinajstić information content (AvgIpc) is 2.75. The van der Waals surface area contributed by atoms with Crippen molar-refractivity contribution in [2.45, 2.75) is 31.5 Å². The molecule has 1 aromatic heterocycles. The van der Waals surface area contributed by atoms with Crippen molar-refractivity contribution in [3.05, 3.63) is 21.9 Å². The van der Waals surface area contributed by atoms with Crippen molar-refractivity contribution in [2.75, 3.05) is 20.3 Å². The van der Waals surface area contributed by atoms with Gasteiger partial charge in [-0.3, -0.25) is 0 Å². The molecule has 1 unspecified atom stereocenters. The van der Waals surface area contributed by atoms with Gasteiger partial charge in [0.15, 0.2) is 0 Å². The Morgan fingerprint density at radius 2 is 2.19 bits per heavy atom. The van der Waals surface area contributed by atoms with E-state index in [9.17, 15) is 5.11 Å². The Kier molecular flexibility index (Phi) is 3.64. The summed E-state index contributed by atoms with van der Waals surface area (Å²) in [7, 11) is 1.68. The molecule has 1 N–H and O–H groups in total. The molecule has 2 rings (SSSR count). The summed E-state index contributed by atoms with van der Waals surface area (Å²) < 4.78 is 10.9. The Bertz CT molecular complexity index is 342. The van der Waals surface area contributed by atoms with E-state index < -0.39 is 11.7 Å². The van der Waals surface area contributed by atoms with Gasteiger partial charge >= 0.3 is 0 Å². The maximum atomic E-state index is 10.5. The van der Waals surface area contributed by atoms with Crippen LogP contribution in [0.5, 0.6) is 0 Å². The van der Waals surface area contributed by atoms with E-state index in [1.54, 1.807) is 18.4 Å². The zero-order valence-corrected chi connectivity index (χ0v) is 10.5. The van der Waals surface area contributed by atoms with Gasteiger partial charge in [-0.25, -0.2) is 0 Å². The minimum atomic E-state index is -0.548. The van der Waals surface area contributed by atoms with Crippen LogP contribution < -0.4 is 0 Å². The van der Waals surface area contributed by atoms with Crippen molar-refractivity contribution in [2.24, 2.45) is 0 Å². The Balaban J connectivity index is 2.24. The molecular weight excluding hydrogens is 224 g/mol. The second-order valence-electron chi connectivity index (χ2n) is 4.22. The van der Waals surface area contributed by atoms with Gasteiger partial charge in [-0.1, -0.05) is 0 Å². The third-order valence-electron chi connectivity index (χ3n) is 3.44. The molecule has 3 nitrogen and oxygen atoms in total. The van der Waals surface area contributed by atoms with Crippen LogP contribution >= 0.6 is 11.3 Å². The first kappa shape index (κ1) is 12.0. The first-order valence-electron chi connectivity index (χ1n) is 5.54. The number of rotatable bonds is 3. The van der Waals surface area contributed by atoms with Crippen LogP contribution in [-0.4, -0.2) is 31.0 Å². The zero-order chi connectivity index (χ0) is 11.6. The lowest BCUT2D eigenvalue weighted by Gasteiger charge is -2.39. The van der Waals surface area contributed by atoms with Crippen LogP contribution in [0.25, 0.3) is 0 Å². The third-order valence-corrected chi connectivity index (χ3v) is 4.30. The van der Waals surface area contributed by atoms with Crippen LogP contribution in [-0.2, 0) is 9.47 Å². The number of methoxy groups -OCH3 is 1. The molecule has 16 heavy (non-hydrogen) atoms. The number of thiophene rings is 1. The van der Waals surface area contributed by atoms with Crippen LogP contribution in [0.15, 0.2) is 11.4 Å². The molecule has 4 heteroatoms. The van der Waals surface area contributed by atoms with Crippen molar-refractivity contribution in [3.63, 3.8) is 0 Å². The lowest BCUT2D eigenvalue weighted by Crippen LogP contribution is -2.43. The molecule has 0 aromatic carbocycles. The average molecular weight is 242 g/mol. The summed E-state index contributed by atoms with van der Waals surface area (Å²) in [6, 6.07) is 1.99. The fourth-order valence-corrected chi connectivity index (χ4v) is 3.00. The largest absolute Gasteiger partial charge is 0.385 e. The van der Waals surface area contributed by atoms with Crippen LogP contribution in [0.1, 0.15) is 29.4 Å². The minimum absolute atomic E-state index is 0.468. The molecule has 0 aliphatic carbocycles. The van der Waals surface area contributed by atoms with Gasteiger partial charge in [0, 0.05) is 38.0 Å². The summed E-state index contributed by atoms with van der Waals surface area (Å²) in [5.41, 5.74) is 0.526. The Hall–Kier alpha value is -0.420. The Morgan fingerprint density at radius 3 is 2.69 bits per heavy atom. The van der Waals surface area contributed by atoms with Gasteiger partial charge in [0.1, 0.15) is 11.7 Å². The molecule has 1 fully saturated rings. The zero-order valence-electron chi connectivity index (χ0n) is 9.73. The second kappa shape index (κ2) is 4.84. The van der Waals surface area contributed by atoms with Crippen molar-refractivity contribution in [3.8, 4) is 0 Å². The van der Waals surface area contributed by atoms with Crippen LogP contribution in [0.3, 0.4) is 0 Å². The van der Waals surface area contributed by atoms with E-state index in [0.717, 1.165) is 23.3 Å². The highest BCUT2D eigenvalue weighted by atomic mass is 32.1. The predicted octanol–water partition coefficient (Wildman–Crippen LogP) is 2.29. The van der Waals surface area contributed by atoms with Gasteiger partial charge < -0.3 is 14.6 Å². The molecule has 0 amide bonds. The molecule has 90 valence electrons. The maximum Gasteiger partial charge on any atom is 0.109 e. The smallest absolute Gasteiger partial charge is 0.109 e. The van der Waals surface area contributed by atoms with E-state index in [0.29, 0.717) is 13.2 Å². The van der Waals surface area contributed by atoms with Crippen molar-refractivity contribution >= 4 is 11.3 Å². The highest BCUT2D eigenvalue weighted by molar-refractivity contribution is 7.10. The fourth-order valence-electron chi connectivity index (χ4n) is 2.27. The maximum absolute atomic E-state index is 10.5.